The Balaban J connectivity index is 0.0000194. The van der Waals surface area contributed by atoms with Crippen LogP contribution in [0.3, 0.4) is 0 Å². The van der Waals surface area contributed by atoms with Gasteiger partial charge >= 0.3 is 71.3 Å². The molecule has 1 aliphatic rings. The van der Waals surface area contributed by atoms with Gasteiger partial charge in [0.2, 0.25) is 0 Å². The number of cyclic esters (lactones) is 1. The van der Waals surface area contributed by atoms with Crippen molar-refractivity contribution < 1.29 is 112 Å². The van der Waals surface area contributed by atoms with Gasteiger partial charge in [-0.05, 0) is 25.7 Å². The van der Waals surface area contributed by atoms with Crippen molar-refractivity contribution in [1.82, 2.24) is 0 Å². The third-order valence-electron chi connectivity index (χ3n) is 7.30. The number of ether oxygens (including phenoxy) is 2. The number of halogens is 9. The molecule has 0 aliphatic carbocycles. The number of carbonyl (C=O) groups excluding carboxylic acids is 3. The number of nitrogens with zero attached hydrogens (tertiary/aromatic N) is 1. The van der Waals surface area contributed by atoms with Gasteiger partial charge in [-0.2, -0.15) is 43.8 Å². The van der Waals surface area contributed by atoms with Crippen LogP contribution >= 0.6 is 12.0 Å². The summed E-state index contributed by atoms with van der Waals surface area (Å²) in [7, 11) is 0. The predicted octanol–water partition coefficient (Wildman–Crippen LogP) is 2.80. The van der Waals surface area contributed by atoms with Gasteiger partial charge in [-0.15, -0.1) is 0 Å². The maximum atomic E-state index is 14.1. The number of esters is 2. The fourth-order valence-electron chi connectivity index (χ4n) is 4.81. The molecule has 1 fully saturated rings. The molecule has 0 aromatic rings. The van der Waals surface area contributed by atoms with Gasteiger partial charge in [0.15, 0.2) is 0 Å². The number of rotatable bonds is 19. The Kier molecular flexibility index (Phi) is 18.3. The summed E-state index contributed by atoms with van der Waals surface area (Å²) in [5.74, 6) is -23.8. The Morgan fingerprint density at radius 3 is 1.91 bits per heavy atom. The van der Waals surface area contributed by atoms with E-state index in [1.807, 2.05) is 13.8 Å². The topological polar surface area (TPSA) is 111 Å². The maximum Gasteiger partial charge on any atom is 1.00 e. The number of unbranched alkanes of at least 4 members (excludes halogenated alkanes) is 6. The van der Waals surface area contributed by atoms with Crippen molar-refractivity contribution in [1.29, 1.82) is 0 Å². The van der Waals surface area contributed by atoms with E-state index in [0.29, 0.717) is 25.7 Å². The SMILES string of the molecule is CCCCCC[N+]1(CCCCCC)C(=O)CCOC(=O)CC1(SOO[O-])C(=O)OCCC(F)(F)C(F)(F)C(F)(F)C(F)(F)F.[Na+]. The minimum absolute atomic E-state index is 0. The molecule has 1 atom stereocenters. The largest absolute Gasteiger partial charge is 1.00 e. The first-order chi connectivity index (χ1) is 20.3. The predicted molar refractivity (Wildman–Crippen MR) is 132 cm³/mol. The number of amides is 1. The Bertz CT molecular complexity index is 950. The molecule has 9 nitrogen and oxygen atoms in total. The molecule has 45 heavy (non-hydrogen) atoms. The van der Waals surface area contributed by atoms with Crippen LogP contribution in [-0.4, -0.2) is 77.4 Å². The Morgan fingerprint density at radius 2 is 1.44 bits per heavy atom. The van der Waals surface area contributed by atoms with Crippen LogP contribution in [0.1, 0.15) is 84.5 Å². The standard InChI is InChI=1S/C25H36F9NO8S.Na/c1-3-5-7-9-13-35(14-10-8-6-4-2)18(36)11-15-40-19(37)17-21(35,44-43-42-39)20(38)41-16-12-22(26,27)23(28,29)24(30,31)25(32,33)34;/h3-17H2,1-2H3;/q;+1. The summed E-state index contributed by atoms with van der Waals surface area (Å²) in [6.45, 7) is 1.17. The van der Waals surface area contributed by atoms with E-state index in [2.05, 4.69) is 9.37 Å². The first kappa shape index (κ1) is 44.2. The van der Waals surface area contributed by atoms with Gasteiger partial charge in [0.1, 0.15) is 25.1 Å². The van der Waals surface area contributed by atoms with E-state index >= 15 is 0 Å². The first-order valence-corrected chi connectivity index (χ1v) is 14.7. The molecule has 20 heteroatoms. The van der Waals surface area contributed by atoms with E-state index in [4.69, 9.17) is 9.47 Å². The zero-order chi connectivity index (χ0) is 33.9. The molecule has 0 aromatic heterocycles. The van der Waals surface area contributed by atoms with Crippen LogP contribution in [0.4, 0.5) is 39.5 Å². The van der Waals surface area contributed by atoms with Crippen molar-refractivity contribution in [2.45, 2.75) is 113 Å². The van der Waals surface area contributed by atoms with Crippen LogP contribution in [0.2, 0.25) is 0 Å². The second-order valence-corrected chi connectivity index (χ2v) is 11.3. The summed E-state index contributed by atoms with van der Waals surface area (Å²) in [6.07, 6.45) is -6.66. The molecule has 1 rings (SSSR count). The Morgan fingerprint density at radius 1 is 0.911 bits per heavy atom. The van der Waals surface area contributed by atoms with E-state index in [-0.39, 0.29) is 67.5 Å². The molecule has 0 spiro atoms. The molecule has 1 aliphatic heterocycles. The van der Waals surface area contributed by atoms with E-state index in [0.717, 1.165) is 12.8 Å². The zero-order valence-electron chi connectivity index (χ0n) is 25.1. The van der Waals surface area contributed by atoms with Crippen LogP contribution < -0.4 is 34.8 Å². The zero-order valence-corrected chi connectivity index (χ0v) is 27.9. The Hall–Kier alpha value is -0.830. The monoisotopic (exact) mass is 704 g/mol. The average molecular weight is 705 g/mol. The number of alkyl halides is 9. The summed E-state index contributed by atoms with van der Waals surface area (Å²) < 4.78 is 133. The van der Waals surface area contributed by atoms with Gasteiger partial charge in [0.05, 0.1) is 32.5 Å². The molecule has 1 unspecified atom stereocenters. The summed E-state index contributed by atoms with van der Waals surface area (Å²) in [5, 5.41) is 14.2. The smallest absolute Gasteiger partial charge is 0.691 e. The summed E-state index contributed by atoms with van der Waals surface area (Å²) in [6, 6.07) is 0. The number of carbonyl (C=O) groups is 3. The van der Waals surface area contributed by atoms with Gasteiger partial charge in [-0.25, -0.2) is 14.1 Å². The summed E-state index contributed by atoms with van der Waals surface area (Å²) >= 11 is -0.174. The van der Waals surface area contributed by atoms with Crippen LogP contribution in [0.5, 0.6) is 0 Å². The summed E-state index contributed by atoms with van der Waals surface area (Å²) in [5.41, 5.74) is 0. The molecule has 1 saturated heterocycles. The van der Waals surface area contributed by atoms with Crippen LogP contribution in [-0.2, 0) is 33.2 Å². The van der Waals surface area contributed by atoms with Gasteiger partial charge in [0, 0.05) is 0 Å². The minimum Gasteiger partial charge on any atom is -0.691 e. The van der Waals surface area contributed by atoms with Crippen molar-refractivity contribution in [3.05, 3.63) is 0 Å². The first-order valence-electron chi connectivity index (χ1n) is 13.9. The molecule has 0 bridgehead atoms. The van der Waals surface area contributed by atoms with Crippen LogP contribution in [0, 0.1) is 0 Å². The van der Waals surface area contributed by atoms with Crippen molar-refractivity contribution in [3.63, 3.8) is 0 Å². The molecule has 1 heterocycles. The van der Waals surface area contributed by atoms with E-state index in [1.54, 1.807) is 0 Å². The quantitative estimate of drug-likeness (QED) is 0.0293. The second-order valence-electron chi connectivity index (χ2n) is 10.3. The molecule has 1 amide bonds. The van der Waals surface area contributed by atoms with Crippen molar-refractivity contribution in [3.8, 4) is 0 Å². The van der Waals surface area contributed by atoms with Gasteiger partial charge in [-0.3, -0.25) is 9.83 Å². The van der Waals surface area contributed by atoms with Crippen molar-refractivity contribution >= 4 is 29.9 Å². The van der Waals surface area contributed by atoms with Crippen LogP contribution in [0.25, 0.3) is 0 Å². The van der Waals surface area contributed by atoms with E-state index in [1.165, 1.54) is 0 Å². The summed E-state index contributed by atoms with van der Waals surface area (Å²) in [4.78, 5) is 37.4. The second kappa shape index (κ2) is 18.6. The molecule has 0 N–H and O–H groups in total. The Labute approximate surface area is 280 Å². The molecule has 258 valence electrons. The molecular weight excluding hydrogens is 668 g/mol. The fraction of sp³-hybridized carbons (Fsp3) is 0.880. The number of quaternary nitrogens is 1. The van der Waals surface area contributed by atoms with Gasteiger partial charge < -0.3 is 14.7 Å². The van der Waals surface area contributed by atoms with E-state index < -0.39 is 83.6 Å². The molecule has 0 saturated carbocycles. The molecule has 0 aromatic carbocycles. The molecule has 0 radical (unpaired) electrons. The molecular formula is C25H36F9NNaO8S+. The third kappa shape index (κ3) is 10.3. The maximum absolute atomic E-state index is 14.1. The number of hydrogen-bond donors (Lipinski definition) is 0. The average Bonchev–Trinajstić information content (AvgIpc) is 2.92. The third-order valence-corrected chi connectivity index (χ3v) is 8.36. The minimum atomic E-state index is -7.15. The number of hydrogen-bond acceptors (Lipinski definition) is 9. The van der Waals surface area contributed by atoms with Gasteiger partial charge in [0.25, 0.3) is 4.87 Å². The van der Waals surface area contributed by atoms with Crippen molar-refractivity contribution in [2.75, 3.05) is 26.3 Å². The van der Waals surface area contributed by atoms with Crippen molar-refractivity contribution in [2.24, 2.45) is 0 Å². The van der Waals surface area contributed by atoms with Crippen LogP contribution in [0.15, 0.2) is 0 Å². The van der Waals surface area contributed by atoms with E-state index in [9.17, 15) is 59.2 Å². The fourth-order valence-corrected chi connectivity index (χ4v) is 5.68. The normalized spacial score (nSPS) is 19.7. The van der Waals surface area contributed by atoms with Gasteiger partial charge in [-0.1, -0.05) is 39.5 Å².